The van der Waals surface area contributed by atoms with E-state index in [0.717, 1.165) is 19.5 Å². The third-order valence-corrected chi connectivity index (χ3v) is 5.17. The first-order valence-corrected chi connectivity index (χ1v) is 9.46. The van der Waals surface area contributed by atoms with Gasteiger partial charge in [-0.05, 0) is 55.7 Å². The van der Waals surface area contributed by atoms with Crippen LogP contribution in [0.2, 0.25) is 0 Å². The molecular weight excluding hydrogens is 354 g/mol. The summed E-state index contributed by atoms with van der Waals surface area (Å²) in [6.45, 7) is 6.55. The molecule has 148 valence electrons. The van der Waals surface area contributed by atoms with Gasteiger partial charge in [0.2, 0.25) is 0 Å². The van der Waals surface area contributed by atoms with Gasteiger partial charge >= 0.3 is 0 Å². The highest BCUT2D eigenvalue weighted by Gasteiger charge is 2.30. The molecule has 0 radical (unpaired) electrons. The quantitative estimate of drug-likeness (QED) is 0.769. The van der Waals surface area contributed by atoms with E-state index in [1.807, 2.05) is 0 Å². The van der Waals surface area contributed by atoms with Crippen LogP contribution >= 0.6 is 0 Å². The van der Waals surface area contributed by atoms with Crippen molar-refractivity contribution in [1.29, 1.82) is 0 Å². The standard InChI is InChI=1S/C22H27N3O3/c1-22(2,25-12-11-16-5-3-4-6-18(16)13-25)15-24-21(27)17-7-9-19(10-8-17)28-14-20(23)26/h3-10H,11-15H2,1-2H3,(H2,23,26)(H,24,27). The number of fused-ring (bicyclic) bond motifs is 1. The number of rotatable bonds is 7. The first-order chi connectivity index (χ1) is 13.3. The number of nitrogens with zero attached hydrogens (tertiary/aromatic N) is 1. The van der Waals surface area contributed by atoms with Crippen LogP contribution in [0.5, 0.6) is 5.75 Å². The maximum Gasteiger partial charge on any atom is 0.255 e. The Hall–Kier alpha value is -2.86. The second kappa shape index (κ2) is 8.44. The van der Waals surface area contributed by atoms with Gasteiger partial charge < -0.3 is 15.8 Å². The second-order valence-electron chi connectivity index (χ2n) is 7.71. The molecule has 6 heteroatoms. The minimum atomic E-state index is -0.538. The summed E-state index contributed by atoms with van der Waals surface area (Å²) in [6, 6.07) is 15.2. The number of nitrogens with one attached hydrogen (secondary N) is 1. The minimum Gasteiger partial charge on any atom is -0.484 e. The Morgan fingerprint density at radius 1 is 1.11 bits per heavy atom. The summed E-state index contributed by atoms with van der Waals surface area (Å²) in [5, 5.41) is 3.03. The van der Waals surface area contributed by atoms with E-state index in [-0.39, 0.29) is 18.1 Å². The van der Waals surface area contributed by atoms with E-state index >= 15 is 0 Å². The summed E-state index contributed by atoms with van der Waals surface area (Å²) in [6.07, 6.45) is 1.03. The Balaban J connectivity index is 1.55. The first-order valence-electron chi connectivity index (χ1n) is 9.46. The molecule has 28 heavy (non-hydrogen) atoms. The first kappa shape index (κ1) is 19.9. The number of benzene rings is 2. The number of primary amides is 1. The van der Waals surface area contributed by atoms with Gasteiger partial charge in [0.15, 0.2) is 6.61 Å². The number of nitrogens with two attached hydrogens (primary N) is 1. The number of ether oxygens (including phenoxy) is 1. The molecule has 3 rings (SSSR count). The molecule has 0 saturated heterocycles. The zero-order valence-electron chi connectivity index (χ0n) is 16.4. The lowest BCUT2D eigenvalue weighted by molar-refractivity contribution is -0.119. The van der Waals surface area contributed by atoms with E-state index in [1.54, 1.807) is 24.3 Å². The fourth-order valence-corrected chi connectivity index (χ4v) is 3.38. The molecule has 0 atom stereocenters. The van der Waals surface area contributed by atoms with Gasteiger partial charge in [0.05, 0.1) is 0 Å². The minimum absolute atomic E-state index is 0.132. The topological polar surface area (TPSA) is 84.7 Å². The fourth-order valence-electron chi connectivity index (χ4n) is 3.38. The molecule has 0 spiro atoms. The molecule has 2 aromatic carbocycles. The van der Waals surface area contributed by atoms with Crippen LogP contribution in [-0.2, 0) is 17.8 Å². The van der Waals surface area contributed by atoms with Gasteiger partial charge in [-0.25, -0.2) is 0 Å². The second-order valence-corrected chi connectivity index (χ2v) is 7.71. The number of carbonyl (C=O) groups is 2. The summed E-state index contributed by atoms with van der Waals surface area (Å²) in [7, 11) is 0. The maximum absolute atomic E-state index is 12.5. The molecule has 6 nitrogen and oxygen atoms in total. The molecule has 1 heterocycles. The predicted octanol–water partition coefficient (Wildman–Crippen LogP) is 2.12. The molecule has 0 fully saturated rings. The van der Waals surface area contributed by atoms with Crippen LogP contribution < -0.4 is 15.8 Å². The molecule has 1 aliphatic heterocycles. The largest absolute Gasteiger partial charge is 0.484 e. The van der Waals surface area contributed by atoms with Crippen LogP contribution in [0.3, 0.4) is 0 Å². The molecule has 0 saturated carbocycles. The van der Waals surface area contributed by atoms with Crippen LogP contribution in [0, 0.1) is 0 Å². The third kappa shape index (κ3) is 4.89. The lowest BCUT2D eigenvalue weighted by atomic mass is 9.94. The molecule has 0 aromatic heterocycles. The van der Waals surface area contributed by atoms with Crippen molar-refractivity contribution in [3.05, 3.63) is 65.2 Å². The van der Waals surface area contributed by atoms with Crippen molar-refractivity contribution in [3.63, 3.8) is 0 Å². The molecule has 2 aromatic rings. The summed E-state index contributed by atoms with van der Waals surface area (Å²) in [4.78, 5) is 25.7. The van der Waals surface area contributed by atoms with E-state index in [2.05, 4.69) is 48.3 Å². The van der Waals surface area contributed by atoms with Crippen molar-refractivity contribution in [3.8, 4) is 5.75 Å². The van der Waals surface area contributed by atoms with E-state index in [1.165, 1.54) is 11.1 Å². The normalized spacial score (nSPS) is 14.2. The van der Waals surface area contributed by atoms with Gasteiger partial charge in [0, 0.05) is 30.7 Å². The zero-order valence-corrected chi connectivity index (χ0v) is 16.4. The Morgan fingerprint density at radius 3 is 2.46 bits per heavy atom. The van der Waals surface area contributed by atoms with E-state index in [4.69, 9.17) is 10.5 Å². The van der Waals surface area contributed by atoms with Gasteiger partial charge in [-0.1, -0.05) is 24.3 Å². The van der Waals surface area contributed by atoms with Crippen molar-refractivity contribution < 1.29 is 14.3 Å². The number of carbonyl (C=O) groups excluding carboxylic acids is 2. The average Bonchev–Trinajstić information content (AvgIpc) is 2.70. The van der Waals surface area contributed by atoms with Crippen molar-refractivity contribution >= 4 is 11.8 Å². The number of hydrogen-bond acceptors (Lipinski definition) is 4. The van der Waals surface area contributed by atoms with Crippen molar-refractivity contribution in [1.82, 2.24) is 10.2 Å². The van der Waals surface area contributed by atoms with Crippen LogP contribution in [0.4, 0.5) is 0 Å². The predicted molar refractivity (Wildman–Crippen MR) is 108 cm³/mol. The van der Waals surface area contributed by atoms with Gasteiger partial charge in [0.25, 0.3) is 11.8 Å². The highest BCUT2D eigenvalue weighted by atomic mass is 16.5. The summed E-state index contributed by atoms with van der Waals surface area (Å²) < 4.78 is 5.21. The molecule has 2 amide bonds. The molecular formula is C22H27N3O3. The molecule has 0 bridgehead atoms. The Kier molecular flexibility index (Phi) is 5.99. The average molecular weight is 381 g/mol. The van der Waals surface area contributed by atoms with Crippen LogP contribution in [0.15, 0.2) is 48.5 Å². The Bertz CT molecular complexity index is 846. The molecule has 1 aliphatic rings. The van der Waals surface area contributed by atoms with E-state index in [0.29, 0.717) is 17.9 Å². The van der Waals surface area contributed by atoms with Gasteiger partial charge in [-0.15, -0.1) is 0 Å². The summed E-state index contributed by atoms with van der Waals surface area (Å²) >= 11 is 0. The molecule has 3 N–H and O–H groups in total. The van der Waals surface area contributed by atoms with Crippen LogP contribution in [0.25, 0.3) is 0 Å². The maximum atomic E-state index is 12.5. The lowest BCUT2D eigenvalue weighted by Crippen LogP contribution is -2.53. The monoisotopic (exact) mass is 381 g/mol. The fraction of sp³-hybridized carbons (Fsp3) is 0.364. The Morgan fingerprint density at radius 2 is 1.79 bits per heavy atom. The Labute approximate surface area is 165 Å². The van der Waals surface area contributed by atoms with Crippen molar-refractivity contribution in [2.75, 3.05) is 19.7 Å². The summed E-state index contributed by atoms with van der Waals surface area (Å²) in [5.74, 6) is -0.168. The lowest BCUT2D eigenvalue weighted by Gasteiger charge is -2.41. The smallest absolute Gasteiger partial charge is 0.255 e. The van der Waals surface area contributed by atoms with E-state index in [9.17, 15) is 9.59 Å². The number of hydrogen-bond donors (Lipinski definition) is 2. The molecule has 0 unspecified atom stereocenters. The van der Waals surface area contributed by atoms with E-state index < -0.39 is 5.91 Å². The third-order valence-electron chi connectivity index (χ3n) is 5.17. The SMILES string of the molecule is CC(C)(CNC(=O)c1ccc(OCC(N)=O)cc1)N1CCc2ccccc2C1. The van der Waals surface area contributed by atoms with Gasteiger partial charge in [-0.2, -0.15) is 0 Å². The zero-order chi connectivity index (χ0) is 20.1. The number of amides is 2. The van der Waals surface area contributed by atoms with Crippen LogP contribution in [0.1, 0.15) is 35.3 Å². The van der Waals surface area contributed by atoms with Crippen molar-refractivity contribution in [2.45, 2.75) is 32.4 Å². The van der Waals surface area contributed by atoms with Gasteiger partial charge in [-0.3, -0.25) is 14.5 Å². The molecule has 0 aliphatic carbocycles. The highest BCUT2D eigenvalue weighted by molar-refractivity contribution is 5.94. The highest BCUT2D eigenvalue weighted by Crippen LogP contribution is 2.25. The van der Waals surface area contributed by atoms with Gasteiger partial charge in [0.1, 0.15) is 5.75 Å². The van der Waals surface area contributed by atoms with Crippen LogP contribution in [-0.4, -0.2) is 41.9 Å². The van der Waals surface area contributed by atoms with Crippen molar-refractivity contribution in [2.24, 2.45) is 5.73 Å². The summed E-state index contributed by atoms with van der Waals surface area (Å²) in [5.41, 5.74) is 8.22.